The highest BCUT2D eigenvalue weighted by Gasteiger charge is 1.70. The Kier molecular flexibility index (Phi) is 0.718. The molecule has 0 aliphatic rings. The Hall–Kier alpha value is -0.643. The summed E-state index contributed by atoms with van der Waals surface area (Å²) < 4.78 is 1.78. The third-order valence-electron chi connectivity index (χ3n) is 0.542. The summed E-state index contributed by atoms with van der Waals surface area (Å²) in [6.45, 7) is 0. The predicted octanol–water partition coefficient (Wildman–Crippen LogP) is -1.59. The molecular formula is C2H5N3Si. The number of aromatic nitrogens is 3. The second kappa shape index (κ2) is 1.21. The van der Waals surface area contributed by atoms with Crippen molar-refractivity contribution in [1.29, 1.82) is 0 Å². The lowest BCUT2D eigenvalue weighted by Gasteiger charge is -1.74. The van der Waals surface area contributed by atoms with Crippen molar-refractivity contribution in [3.63, 3.8) is 0 Å². The van der Waals surface area contributed by atoms with Gasteiger partial charge in [-0.3, -0.25) is 4.35 Å². The van der Waals surface area contributed by atoms with Gasteiger partial charge in [-0.1, -0.05) is 5.21 Å². The average molecular weight is 99.2 g/mol. The van der Waals surface area contributed by atoms with E-state index in [-0.39, 0.29) is 0 Å². The number of rotatable bonds is 0. The zero-order chi connectivity index (χ0) is 4.41. The molecule has 1 aromatic heterocycles. The number of hydrogen-bond donors (Lipinski definition) is 0. The molecule has 0 bridgehead atoms. The first-order valence-electron chi connectivity index (χ1n) is 1.70. The highest BCUT2D eigenvalue weighted by atomic mass is 28.2. The number of hydrogen-bond acceptors (Lipinski definition) is 2. The van der Waals surface area contributed by atoms with Crippen molar-refractivity contribution in [1.82, 2.24) is 14.7 Å². The summed E-state index contributed by atoms with van der Waals surface area (Å²) in [5.41, 5.74) is 0. The second-order valence-corrected chi connectivity index (χ2v) is 1.99. The van der Waals surface area contributed by atoms with Gasteiger partial charge in [0.2, 0.25) is 0 Å². The van der Waals surface area contributed by atoms with Crippen LogP contribution in [0.25, 0.3) is 0 Å². The first kappa shape index (κ1) is 3.54. The van der Waals surface area contributed by atoms with E-state index >= 15 is 0 Å². The monoisotopic (exact) mass is 99.0 g/mol. The van der Waals surface area contributed by atoms with Gasteiger partial charge in [-0.15, -0.1) is 5.10 Å². The molecule has 0 saturated heterocycles. The maximum absolute atomic E-state index is 3.65. The molecule has 0 N–H and O–H groups in total. The fraction of sp³-hybridized carbons (Fsp3) is 0. The van der Waals surface area contributed by atoms with Crippen LogP contribution in [0.2, 0.25) is 0 Å². The molecule has 1 aromatic rings. The first-order valence-corrected chi connectivity index (χ1v) is 2.59. The van der Waals surface area contributed by atoms with Crippen LogP contribution in [0.4, 0.5) is 0 Å². The van der Waals surface area contributed by atoms with Crippen LogP contribution in [0.1, 0.15) is 0 Å². The first-order chi connectivity index (χ1) is 2.89. The molecule has 6 heavy (non-hydrogen) atoms. The molecule has 1 heterocycles. The molecule has 3 nitrogen and oxygen atoms in total. The van der Waals surface area contributed by atoms with Gasteiger partial charge in [0.15, 0.2) is 0 Å². The summed E-state index contributed by atoms with van der Waals surface area (Å²) in [5.74, 6) is 0. The molecule has 0 aliphatic carbocycles. The smallest absolute Gasteiger partial charge is 0.140 e. The molecule has 0 fully saturated rings. The van der Waals surface area contributed by atoms with Crippen LogP contribution in [0, 0.1) is 0 Å². The molecule has 0 spiro atoms. The minimum Gasteiger partial charge on any atom is -0.293 e. The minimum absolute atomic E-state index is 0.939. The molecule has 0 aliphatic heterocycles. The summed E-state index contributed by atoms with van der Waals surface area (Å²) in [7, 11) is 0.939. The fourth-order valence-corrected chi connectivity index (χ4v) is 0.504. The summed E-state index contributed by atoms with van der Waals surface area (Å²) in [6, 6.07) is 0. The van der Waals surface area contributed by atoms with E-state index in [0.29, 0.717) is 0 Å². The summed E-state index contributed by atoms with van der Waals surface area (Å²) >= 11 is 0. The SMILES string of the molecule is [SiH3]n1ccnn1. The largest absolute Gasteiger partial charge is 0.293 e. The van der Waals surface area contributed by atoms with Crippen molar-refractivity contribution < 1.29 is 0 Å². The van der Waals surface area contributed by atoms with Crippen LogP contribution in [-0.4, -0.2) is 25.1 Å². The fourth-order valence-electron chi connectivity index (χ4n) is 0.267. The summed E-state index contributed by atoms with van der Waals surface area (Å²) in [5, 5.41) is 7.21. The molecule has 0 aromatic carbocycles. The van der Waals surface area contributed by atoms with Crippen molar-refractivity contribution in [3.05, 3.63) is 12.4 Å². The predicted molar refractivity (Wildman–Crippen MR) is 25.4 cm³/mol. The third kappa shape index (κ3) is 0.461. The van der Waals surface area contributed by atoms with Crippen molar-refractivity contribution in [3.8, 4) is 0 Å². The molecule has 0 saturated carbocycles. The zero-order valence-corrected chi connectivity index (χ0v) is 5.50. The van der Waals surface area contributed by atoms with Gasteiger partial charge in [0.1, 0.15) is 10.4 Å². The van der Waals surface area contributed by atoms with Crippen molar-refractivity contribution in [2.45, 2.75) is 0 Å². The topological polar surface area (TPSA) is 30.7 Å². The van der Waals surface area contributed by atoms with E-state index in [4.69, 9.17) is 0 Å². The Morgan fingerprint density at radius 2 is 2.50 bits per heavy atom. The molecule has 0 amide bonds. The molecule has 0 atom stereocenters. The van der Waals surface area contributed by atoms with E-state index in [0.717, 1.165) is 10.4 Å². The zero-order valence-electron chi connectivity index (χ0n) is 3.50. The molecule has 4 heteroatoms. The van der Waals surface area contributed by atoms with Crippen LogP contribution in [0.15, 0.2) is 12.4 Å². The van der Waals surface area contributed by atoms with Gasteiger partial charge in [-0.25, -0.2) is 0 Å². The van der Waals surface area contributed by atoms with E-state index in [2.05, 4.69) is 10.3 Å². The average Bonchev–Trinajstić information content (AvgIpc) is 1.86. The molecule has 1 rings (SSSR count). The quantitative estimate of drug-likeness (QED) is 0.367. The Morgan fingerprint density at radius 3 is 2.67 bits per heavy atom. The Labute approximate surface area is 38.5 Å². The van der Waals surface area contributed by atoms with E-state index < -0.39 is 0 Å². The highest BCUT2D eigenvalue weighted by molar-refractivity contribution is 6.05. The molecule has 0 unspecified atom stereocenters. The maximum Gasteiger partial charge on any atom is 0.140 e. The van der Waals surface area contributed by atoms with Crippen molar-refractivity contribution >= 4 is 10.4 Å². The lowest BCUT2D eigenvalue weighted by atomic mass is 11.0. The molecule has 32 valence electrons. The van der Waals surface area contributed by atoms with E-state index in [1.54, 1.807) is 10.5 Å². The number of nitrogens with zero attached hydrogens (tertiary/aromatic N) is 3. The third-order valence-corrected chi connectivity index (χ3v) is 1.02. The Balaban J connectivity index is 3.05. The van der Waals surface area contributed by atoms with E-state index in [9.17, 15) is 0 Å². The summed E-state index contributed by atoms with van der Waals surface area (Å²) in [6.07, 6.45) is 3.51. The normalized spacial score (nSPS) is 9.33. The van der Waals surface area contributed by atoms with Crippen LogP contribution in [0.5, 0.6) is 0 Å². The van der Waals surface area contributed by atoms with Crippen molar-refractivity contribution in [2.24, 2.45) is 0 Å². The van der Waals surface area contributed by atoms with Gasteiger partial charge in [0.25, 0.3) is 0 Å². The van der Waals surface area contributed by atoms with Gasteiger partial charge >= 0.3 is 0 Å². The van der Waals surface area contributed by atoms with Gasteiger partial charge in [-0.2, -0.15) is 0 Å². The Morgan fingerprint density at radius 1 is 1.67 bits per heavy atom. The minimum atomic E-state index is 0.939. The Bertz CT molecular complexity index is 112. The van der Waals surface area contributed by atoms with Crippen molar-refractivity contribution in [2.75, 3.05) is 0 Å². The van der Waals surface area contributed by atoms with Gasteiger partial charge in [-0.05, 0) is 0 Å². The van der Waals surface area contributed by atoms with Gasteiger partial charge in [0, 0.05) is 6.20 Å². The molecule has 0 radical (unpaired) electrons. The van der Waals surface area contributed by atoms with Gasteiger partial charge < -0.3 is 0 Å². The van der Waals surface area contributed by atoms with E-state index in [1.165, 1.54) is 0 Å². The van der Waals surface area contributed by atoms with Crippen LogP contribution in [0.3, 0.4) is 0 Å². The van der Waals surface area contributed by atoms with Crippen LogP contribution in [-0.2, 0) is 0 Å². The highest BCUT2D eigenvalue weighted by Crippen LogP contribution is 1.64. The molecular weight excluding hydrogens is 94.1 g/mol. The lowest BCUT2D eigenvalue weighted by Crippen LogP contribution is -1.89. The lowest BCUT2D eigenvalue weighted by molar-refractivity contribution is 0.878. The van der Waals surface area contributed by atoms with E-state index in [1.807, 2.05) is 6.20 Å². The van der Waals surface area contributed by atoms with Crippen LogP contribution >= 0.6 is 0 Å². The summed E-state index contributed by atoms with van der Waals surface area (Å²) in [4.78, 5) is 0. The second-order valence-electron chi connectivity index (χ2n) is 1.08. The van der Waals surface area contributed by atoms with Crippen LogP contribution < -0.4 is 0 Å². The maximum atomic E-state index is 3.65. The van der Waals surface area contributed by atoms with Gasteiger partial charge in [0.05, 0.1) is 6.20 Å². The standard InChI is InChI=1S/C2H5N3Si/c6-5-2-1-3-4-5/h1-2H,6H3.